The third-order valence-electron chi connectivity index (χ3n) is 3.54. The second kappa shape index (κ2) is 5.03. The van der Waals surface area contributed by atoms with Crippen molar-refractivity contribution in [2.45, 2.75) is 60.0 Å². The van der Waals surface area contributed by atoms with Crippen LogP contribution in [0.15, 0.2) is 11.6 Å². The molecule has 92 valence electrons. The lowest BCUT2D eigenvalue weighted by molar-refractivity contribution is -0.144. The summed E-state index contributed by atoms with van der Waals surface area (Å²) in [6.45, 7) is 10.3. The van der Waals surface area contributed by atoms with E-state index in [-0.39, 0.29) is 12.1 Å². The average Bonchev–Trinajstić information content (AvgIpc) is 2.15. The van der Waals surface area contributed by atoms with Crippen molar-refractivity contribution in [2.75, 3.05) is 0 Å². The van der Waals surface area contributed by atoms with Crippen molar-refractivity contribution in [3.05, 3.63) is 11.6 Å². The fourth-order valence-corrected chi connectivity index (χ4v) is 2.33. The van der Waals surface area contributed by atoms with Gasteiger partial charge >= 0.3 is 5.97 Å². The Hall–Kier alpha value is -0.790. The van der Waals surface area contributed by atoms with E-state index in [1.165, 1.54) is 18.9 Å². The van der Waals surface area contributed by atoms with Gasteiger partial charge in [-0.05, 0) is 43.1 Å². The van der Waals surface area contributed by atoms with Gasteiger partial charge in [-0.1, -0.05) is 26.8 Å². The van der Waals surface area contributed by atoms with Gasteiger partial charge in [-0.25, -0.2) is 0 Å². The molecule has 0 saturated heterocycles. The Labute approximate surface area is 99.1 Å². The van der Waals surface area contributed by atoms with Gasteiger partial charge in [0.1, 0.15) is 6.10 Å². The normalized spacial score (nSPS) is 23.6. The predicted octanol–water partition coefficient (Wildman–Crippen LogP) is 3.71. The zero-order valence-electron chi connectivity index (χ0n) is 11.2. The first-order chi connectivity index (χ1) is 7.30. The van der Waals surface area contributed by atoms with E-state index >= 15 is 0 Å². The lowest BCUT2D eigenvalue weighted by atomic mass is 9.72. The average molecular weight is 224 g/mol. The molecule has 0 bridgehead atoms. The van der Waals surface area contributed by atoms with Crippen LogP contribution in [0, 0.1) is 11.3 Å². The van der Waals surface area contributed by atoms with Gasteiger partial charge < -0.3 is 4.74 Å². The summed E-state index contributed by atoms with van der Waals surface area (Å²) in [5.74, 6) is 0.562. The summed E-state index contributed by atoms with van der Waals surface area (Å²) in [6.07, 6.45) is 5.62. The van der Waals surface area contributed by atoms with E-state index < -0.39 is 0 Å². The minimum absolute atomic E-state index is 0.0431. The SMILES string of the molecule is CC(=O)OC(C)C1=CCC(C(C)(C)C)CC1. The van der Waals surface area contributed by atoms with E-state index in [9.17, 15) is 4.79 Å². The monoisotopic (exact) mass is 224 g/mol. The van der Waals surface area contributed by atoms with Crippen molar-refractivity contribution < 1.29 is 9.53 Å². The number of hydrogen-bond acceptors (Lipinski definition) is 2. The summed E-state index contributed by atoms with van der Waals surface area (Å²) in [5, 5.41) is 0. The molecule has 0 saturated carbocycles. The second-order valence-electron chi connectivity index (χ2n) is 5.87. The highest BCUT2D eigenvalue weighted by molar-refractivity contribution is 5.66. The van der Waals surface area contributed by atoms with E-state index in [2.05, 4.69) is 26.8 Å². The predicted molar refractivity (Wildman–Crippen MR) is 66.1 cm³/mol. The minimum Gasteiger partial charge on any atom is -0.458 e. The summed E-state index contributed by atoms with van der Waals surface area (Å²) in [7, 11) is 0. The quantitative estimate of drug-likeness (QED) is 0.528. The number of esters is 1. The fraction of sp³-hybridized carbons (Fsp3) is 0.786. The number of ether oxygens (including phenoxy) is 1. The molecular formula is C14H24O2. The summed E-state index contributed by atoms with van der Waals surface area (Å²) in [4.78, 5) is 10.9. The fourth-order valence-electron chi connectivity index (χ4n) is 2.33. The van der Waals surface area contributed by atoms with Gasteiger partial charge in [0, 0.05) is 6.92 Å². The molecule has 0 aromatic heterocycles. The van der Waals surface area contributed by atoms with Crippen LogP contribution in [0.25, 0.3) is 0 Å². The Balaban J connectivity index is 2.56. The molecule has 2 nitrogen and oxygen atoms in total. The largest absolute Gasteiger partial charge is 0.458 e. The molecule has 1 aliphatic carbocycles. The van der Waals surface area contributed by atoms with Gasteiger partial charge in [0.15, 0.2) is 0 Å². The van der Waals surface area contributed by atoms with Gasteiger partial charge in [-0.2, -0.15) is 0 Å². The summed E-state index contributed by atoms with van der Waals surface area (Å²) in [6, 6.07) is 0. The van der Waals surface area contributed by atoms with Gasteiger partial charge in [0.05, 0.1) is 0 Å². The van der Waals surface area contributed by atoms with Crippen molar-refractivity contribution in [1.82, 2.24) is 0 Å². The highest BCUT2D eigenvalue weighted by atomic mass is 16.5. The van der Waals surface area contributed by atoms with E-state index in [4.69, 9.17) is 4.74 Å². The topological polar surface area (TPSA) is 26.3 Å². The molecule has 0 fully saturated rings. The Morgan fingerprint density at radius 3 is 2.50 bits per heavy atom. The molecule has 0 aromatic rings. The van der Waals surface area contributed by atoms with E-state index in [1.54, 1.807) is 0 Å². The van der Waals surface area contributed by atoms with E-state index in [1.807, 2.05) is 6.92 Å². The molecule has 0 spiro atoms. The molecule has 0 N–H and O–H groups in total. The van der Waals surface area contributed by atoms with Crippen molar-refractivity contribution in [2.24, 2.45) is 11.3 Å². The van der Waals surface area contributed by atoms with Crippen molar-refractivity contribution >= 4 is 5.97 Å². The molecule has 0 aliphatic heterocycles. The standard InChI is InChI=1S/C14H24O2/c1-10(16-11(2)15)12-6-8-13(9-7-12)14(3,4)5/h6,10,13H,7-9H2,1-5H3. The molecule has 0 heterocycles. The van der Waals surface area contributed by atoms with E-state index in [0.29, 0.717) is 5.41 Å². The third-order valence-corrected chi connectivity index (χ3v) is 3.54. The molecule has 2 heteroatoms. The lowest BCUT2D eigenvalue weighted by Crippen LogP contribution is -2.25. The molecule has 0 amide bonds. The van der Waals surface area contributed by atoms with Gasteiger partial charge in [-0.15, -0.1) is 0 Å². The highest BCUT2D eigenvalue weighted by Gasteiger charge is 2.27. The second-order valence-corrected chi connectivity index (χ2v) is 5.87. The van der Waals surface area contributed by atoms with Gasteiger partial charge in [-0.3, -0.25) is 4.79 Å². The maximum Gasteiger partial charge on any atom is 0.303 e. The lowest BCUT2D eigenvalue weighted by Gasteiger charge is -2.34. The Bertz CT molecular complexity index is 284. The van der Waals surface area contributed by atoms with Crippen LogP contribution in [0.3, 0.4) is 0 Å². The third kappa shape index (κ3) is 3.66. The Morgan fingerprint density at radius 2 is 2.12 bits per heavy atom. The summed E-state index contributed by atoms with van der Waals surface area (Å²) >= 11 is 0. The molecule has 2 atom stereocenters. The van der Waals surface area contributed by atoms with Crippen LogP contribution in [0.4, 0.5) is 0 Å². The van der Waals surface area contributed by atoms with Crippen LogP contribution in [-0.4, -0.2) is 12.1 Å². The number of carbonyl (C=O) groups is 1. The molecule has 1 rings (SSSR count). The van der Waals surface area contributed by atoms with Crippen molar-refractivity contribution in [1.29, 1.82) is 0 Å². The van der Waals surface area contributed by atoms with Crippen LogP contribution in [0.5, 0.6) is 0 Å². The summed E-state index contributed by atoms with van der Waals surface area (Å²) in [5.41, 5.74) is 1.67. The molecule has 0 aromatic carbocycles. The van der Waals surface area contributed by atoms with E-state index in [0.717, 1.165) is 18.8 Å². The van der Waals surface area contributed by atoms with Gasteiger partial charge in [0.2, 0.25) is 0 Å². The van der Waals surface area contributed by atoms with Crippen LogP contribution in [0.2, 0.25) is 0 Å². The number of hydrogen-bond donors (Lipinski definition) is 0. The number of allylic oxidation sites excluding steroid dienone is 1. The summed E-state index contributed by atoms with van der Waals surface area (Å²) < 4.78 is 5.20. The van der Waals surface area contributed by atoms with Crippen molar-refractivity contribution in [3.8, 4) is 0 Å². The maximum absolute atomic E-state index is 10.9. The zero-order chi connectivity index (χ0) is 12.3. The van der Waals surface area contributed by atoms with Crippen LogP contribution >= 0.6 is 0 Å². The molecule has 0 radical (unpaired) electrons. The number of rotatable bonds is 2. The molecule has 16 heavy (non-hydrogen) atoms. The van der Waals surface area contributed by atoms with Gasteiger partial charge in [0.25, 0.3) is 0 Å². The first kappa shape index (κ1) is 13.3. The molecular weight excluding hydrogens is 200 g/mol. The van der Waals surface area contributed by atoms with Crippen LogP contribution in [-0.2, 0) is 9.53 Å². The Kier molecular flexibility index (Phi) is 4.17. The van der Waals surface area contributed by atoms with Crippen LogP contribution < -0.4 is 0 Å². The first-order valence-corrected chi connectivity index (χ1v) is 6.17. The highest BCUT2D eigenvalue weighted by Crippen LogP contribution is 2.37. The number of carbonyl (C=O) groups excluding carboxylic acids is 1. The smallest absolute Gasteiger partial charge is 0.303 e. The molecule has 1 aliphatic rings. The Morgan fingerprint density at radius 1 is 1.50 bits per heavy atom. The maximum atomic E-state index is 10.9. The van der Waals surface area contributed by atoms with Crippen LogP contribution in [0.1, 0.15) is 53.9 Å². The zero-order valence-corrected chi connectivity index (χ0v) is 11.2. The minimum atomic E-state index is -0.189. The first-order valence-electron chi connectivity index (χ1n) is 6.17. The molecule has 2 unspecified atom stereocenters. The van der Waals surface area contributed by atoms with Crippen molar-refractivity contribution in [3.63, 3.8) is 0 Å².